The van der Waals surface area contributed by atoms with E-state index in [9.17, 15) is 0 Å². The van der Waals surface area contributed by atoms with Crippen molar-refractivity contribution in [3.05, 3.63) is 12.4 Å². The van der Waals surface area contributed by atoms with Gasteiger partial charge < -0.3 is 9.80 Å². The lowest BCUT2D eigenvalue weighted by molar-refractivity contribution is 0.114. The van der Waals surface area contributed by atoms with Gasteiger partial charge in [0.05, 0.1) is 0 Å². The molecule has 190 valence electrons. The number of rotatable bonds is 23. The van der Waals surface area contributed by atoms with Crippen LogP contribution in [0.1, 0.15) is 163 Å². The van der Waals surface area contributed by atoms with Crippen molar-refractivity contribution < 1.29 is 0 Å². The Morgan fingerprint density at radius 3 is 1.38 bits per heavy atom. The average molecular weight is 449 g/mol. The molecule has 1 aliphatic rings. The lowest BCUT2D eigenvalue weighted by Gasteiger charge is -2.35. The van der Waals surface area contributed by atoms with E-state index in [4.69, 9.17) is 0 Å². The van der Waals surface area contributed by atoms with Crippen LogP contribution in [-0.4, -0.2) is 28.6 Å². The van der Waals surface area contributed by atoms with Crippen molar-refractivity contribution in [3.8, 4) is 0 Å². The quantitative estimate of drug-likeness (QED) is 0.143. The fraction of sp³-hybridized carbons (Fsp3) is 0.933. The van der Waals surface area contributed by atoms with Gasteiger partial charge in [-0.05, 0) is 33.1 Å². The molecule has 0 aromatic carbocycles. The number of unbranched alkanes of at least 4 members (excludes halogenated alkanes) is 18. The Labute approximate surface area is 203 Å². The summed E-state index contributed by atoms with van der Waals surface area (Å²) in [4.78, 5) is 5.22. The maximum atomic E-state index is 2.63. The Morgan fingerprint density at radius 1 is 0.531 bits per heavy atom. The van der Waals surface area contributed by atoms with E-state index < -0.39 is 0 Å². The van der Waals surface area contributed by atoms with Gasteiger partial charge in [-0.1, -0.05) is 129 Å². The second-order valence-electron chi connectivity index (χ2n) is 10.7. The third-order valence-electron chi connectivity index (χ3n) is 7.34. The number of hydrogen-bond donors (Lipinski definition) is 0. The van der Waals surface area contributed by atoms with Crippen LogP contribution in [0.5, 0.6) is 0 Å². The molecule has 0 radical (unpaired) electrons. The molecule has 1 rings (SSSR count). The molecule has 32 heavy (non-hydrogen) atoms. The van der Waals surface area contributed by atoms with E-state index >= 15 is 0 Å². The third-order valence-corrected chi connectivity index (χ3v) is 7.34. The normalized spacial score (nSPS) is 16.1. The van der Waals surface area contributed by atoms with E-state index in [2.05, 4.69) is 49.9 Å². The first kappa shape index (κ1) is 29.4. The van der Waals surface area contributed by atoms with Crippen molar-refractivity contribution in [1.82, 2.24) is 9.80 Å². The van der Waals surface area contributed by atoms with E-state index in [-0.39, 0.29) is 0 Å². The van der Waals surface area contributed by atoms with Crippen molar-refractivity contribution in [2.24, 2.45) is 0 Å². The van der Waals surface area contributed by atoms with Gasteiger partial charge in [0.2, 0.25) is 0 Å². The maximum Gasteiger partial charge on any atom is 0.101 e. The predicted molar refractivity (Wildman–Crippen MR) is 145 cm³/mol. The van der Waals surface area contributed by atoms with Crippen LogP contribution >= 0.6 is 0 Å². The first-order valence-corrected chi connectivity index (χ1v) is 14.9. The molecule has 1 heterocycles. The van der Waals surface area contributed by atoms with Crippen LogP contribution in [0.3, 0.4) is 0 Å². The van der Waals surface area contributed by atoms with Gasteiger partial charge in [0.15, 0.2) is 0 Å². The summed E-state index contributed by atoms with van der Waals surface area (Å²) in [6, 6.07) is 0.609. The molecule has 0 aromatic heterocycles. The van der Waals surface area contributed by atoms with Gasteiger partial charge in [-0.25, -0.2) is 0 Å². The predicted octanol–water partition coefficient (Wildman–Crippen LogP) is 10.0. The molecular formula is C30H60N2. The van der Waals surface area contributed by atoms with Gasteiger partial charge in [-0.15, -0.1) is 0 Å². The molecule has 0 aliphatic carbocycles. The van der Waals surface area contributed by atoms with Gasteiger partial charge in [0, 0.05) is 25.0 Å². The van der Waals surface area contributed by atoms with Crippen LogP contribution in [0.4, 0.5) is 0 Å². The molecule has 0 spiro atoms. The highest BCUT2D eigenvalue weighted by Gasteiger charge is 2.26. The standard InChI is InChI=1S/C30H60N2/c1-5-7-9-11-12-13-14-15-16-17-18-19-20-21-22-24-26-31-27-28-32(29(3)4)30(31)25-23-10-8-6-2/h27-30H,5-26H2,1-4H3. The summed E-state index contributed by atoms with van der Waals surface area (Å²) in [7, 11) is 0. The first-order chi connectivity index (χ1) is 15.7. The molecule has 0 amide bonds. The molecule has 1 unspecified atom stereocenters. The third kappa shape index (κ3) is 14.5. The summed E-state index contributed by atoms with van der Waals surface area (Å²) < 4.78 is 0. The monoisotopic (exact) mass is 448 g/mol. The minimum atomic E-state index is 0.609. The smallest absolute Gasteiger partial charge is 0.101 e. The van der Waals surface area contributed by atoms with Crippen LogP contribution < -0.4 is 0 Å². The summed E-state index contributed by atoms with van der Waals surface area (Å²) in [5.41, 5.74) is 0. The van der Waals surface area contributed by atoms with Crippen molar-refractivity contribution >= 4 is 0 Å². The van der Waals surface area contributed by atoms with Crippen LogP contribution in [0.2, 0.25) is 0 Å². The zero-order valence-electron chi connectivity index (χ0n) is 22.8. The highest BCUT2D eigenvalue weighted by molar-refractivity contribution is 4.98. The molecule has 0 fully saturated rings. The van der Waals surface area contributed by atoms with E-state index in [1.807, 2.05) is 0 Å². The summed E-state index contributed by atoms with van der Waals surface area (Å²) in [6.07, 6.45) is 35.3. The van der Waals surface area contributed by atoms with Crippen molar-refractivity contribution in [2.45, 2.75) is 175 Å². The second-order valence-corrected chi connectivity index (χ2v) is 10.7. The minimum absolute atomic E-state index is 0.609. The molecule has 2 heteroatoms. The lowest BCUT2D eigenvalue weighted by Crippen LogP contribution is -2.42. The molecule has 1 atom stereocenters. The van der Waals surface area contributed by atoms with Crippen molar-refractivity contribution in [1.29, 1.82) is 0 Å². The zero-order valence-corrected chi connectivity index (χ0v) is 22.8. The summed E-state index contributed by atoms with van der Waals surface area (Å²) in [6.45, 7) is 10.5. The molecular weight excluding hydrogens is 388 g/mol. The van der Waals surface area contributed by atoms with Gasteiger partial charge in [0.25, 0.3) is 0 Å². The number of hydrogen-bond acceptors (Lipinski definition) is 2. The summed E-state index contributed by atoms with van der Waals surface area (Å²) in [5.74, 6) is 0. The fourth-order valence-corrected chi connectivity index (χ4v) is 5.18. The van der Waals surface area contributed by atoms with Crippen molar-refractivity contribution in [3.63, 3.8) is 0 Å². The van der Waals surface area contributed by atoms with Crippen molar-refractivity contribution in [2.75, 3.05) is 6.54 Å². The molecule has 0 bridgehead atoms. The van der Waals surface area contributed by atoms with E-state index in [1.165, 1.54) is 141 Å². The summed E-state index contributed by atoms with van der Waals surface area (Å²) in [5, 5.41) is 0. The van der Waals surface area contributed by atoms with Crippen LogP contribution in [-0.2, 0) is 0 Å². The number of nitrogens with zero attached hydrogens (tertiary/aromatic N) is 2. The molecule has 2 nitrogen and oxygen atoms in total. The van der Waals surface area contributed by atoms with Gasteiger partial charge in [-0.3, -0.25) is 0 Å². The second kappa shape index (κ2) is 20.9. The first-order valence-electron chi connectivity index (χ1n) is 14.9. The fourth-order valence-electron chi connectivity index (χ4n) is 5.18. The van der Waals surface area contributed by atoms with E-state index in [0.29, 0.717) is 12.2 Å². The highest BCUT2D eigenvalue weighted by Crippen LogP contribution is 2.24. The SMILES string of the molecule is CCCCCCCCCCCCCCCCCCN1C=CN(C(C)C)C1CCCCCC. The van der Waals surface area contributed by atoms with Gasteiger partial charge >= 0.3 is 0 Å². The Kier molecular flexibility index (Phi) is 19.2. The van der Waals surface area contributed by atoms with Crippen LogP contribution in [0, 0.1) is 0 Å². The Balaban J connectivity index is 1.95. The average Bonchev–Trinajstić information content (AvgIpc) is 3.19. The largest absolute Gasteiger partial charge is 0.356 e. The lowest BCUT2D eigenvalue weighted by atomic mass is 10.0. The minimum Gasteiger partial charge on any atom is -0.356 e. The topological polar surface area (TPSA) is 6.48 Å². The molecule has 0 saturated carbocycles. The summed E-state index contributed by atoms with van der Waals surface area (Å²) >= 11 is 0. The van der Waals surface area contributed by atoms with E-state index in [0.717, 1.165) is 0 Å². The van der Waals surface area contributed by atoms with Crippen LogP contribution in [0.15, 0.2) is 12.4 Å². The Hall–Kier alpha value is -0.660. The maximum absolute atomic E-state index is 2.63. The molecule has 0 aromatic rings. The van der Waals surface area contributed by atoms with E-state index in [1.54, 1.807) is 0 Å². The molecule has 1 aliphatic heterocycles. The molecule has 0 N–H and O–H groups in total. The van der Waals surface area contributed by atoms with Crippen LogP contribution in [0.25, 0.3) is 0 Å². The highest BCUT2D eigenvalue weighted by atomic mass is 15.4. The molecule has 0 saturated heterocycles. The zero-order chi connectivity index (χ0) is 23.3. The Morgan fingerprint density at radius 2 is 0.938 bits per heavy atom. The van der Waals surface area contributed by atoms with Gasteiger partial charge in [-0.2, -0.15) is 0 Å². The van der Waals surface area contributed by atoms with Gasteiger partial charge in [0.1, 0.15) is 6.17 Å². The Bertz CT molecular complexity index is 417.